The van der Waals surface area contributed by atoms with Gasteiger partial charge in [-0.3, -0.25) is 9.69 Å². The van der Waals surface area contributed by atoms with Gasteiger partial charge in [0.1, 0.15) is 0 Å². The van der Waals surface area contributed by atoms with Crippen LogP contribution in [0.3, 0.4) is 0 Å². The first-order valence-corrected chi connectivity index (χ1v) is 9.92. The Morgan fingerprint density at radius 3 is 2.59 bits per heavy atom. The van der Waals surface area contributed by atoms with Crippen LogP contribution in [0.15, 0.2) is 54.6 Å². The Balaban J connectivity index is 1.46. The number of nitrogens with zero attached hydrogens (tertiary/aromatic N) is 2. The standard InChI is InChI=1S/C23H31N3O/c1-19-9-6-7-12-21(19)17-23(27)24-13-8-14-26-16-15-25(2)18-22(26)20-10-4-3-5-11-20/h3-7,9-12,22H,8,13-18H2,1-2H3,(H,24,27). The van der Waals surface area contributed by atoms with Crippen molar-refractivity contribution in [2.24, 2.45) is 0 Å². The minimum absolute atomic E-state index is 0.113. The molecule has 0 spiro atoms. The summed E-state index contributed by atoms with van der Waals surface area (Å²) in [4.78, 5) is 17.2. The summed E-state index contributed by atoms with van der Waals surface area (Å²) in [6.07, 6.45) is 1.44. The number of piperazine rings is 1. The minimum atomic E-state index is 0.113. The SMILES string of the molecule is Cc1ccccc1CC(=O)NCCCN1CCN(C)CC1c1ccccc1. The van der Waals surface area contributed by atoms with Crippen LogP contribution in [0, 0.1) is 6.92 Å². The Hall–Kier alpha value is -2.17. The van der Waals surface area contributed by atoms with E-state index in [-0.39, 0.29) is 5.91 Å². The van der Waals surface area contributed by atoms with E-state index in [2.05, 4.69) is 65.5 Å². The van der Waals surface area contributed by atoms with Crippen LogP contribution >= 0.6 is 0 Å². The second-order valence-electron chi connectivity index (χ2n) is 7.53. The van der Waals surface area contributed by atoms with Gasteiger partial charge >= 0.3 is 0 Å². The van der Waals surface area contributed by atoms with Gasteiger partial charge in [-0.05, 0) is 37.1 Å². The zero-order valence-electron chi connectivity index (χ0n) is 16.5. The zero-order chi connectivity index (χ0) is 19.1. The van der Waals surface area contributed by atoms with E-state index in [4.69, 9.17) is 0 Å². The molecule has 1 N–H and O–H groups in total. The van der Waals surface area contributed by atoms with Crippen molar-refractivity contribution >= 4 is 5.91 Å². The molecule has 3 rings (SSSR count). The molecular weight excluding hydrogens is 334 g/mol. The Morgan fingerprint density at radius 1 is 1.07 bits per heavy atom. The lowest BCUT2D eigenvalue weighted by molar-refractivity contribution is -0.120. The number of nitrogens with one attached hydrogen (secondary N) is 1. The Labute approximate surface area is 163 Å². The molecule has 4 nitrogen and oxygen atoms in total. The molecule has 27 heavy (non-hydrogen) atoms. The molecule has 1 atom stereocenters. The van der Waals surface area contributed by atoms with E-state index in [1.807, 2.05) is 18.2 Å². The third-order valence-electron chi connectivity index (χ3n) is 5.44. The molecule has 2 aromatic rings. The lowest BCUT2D eigenvalue weighted by Gasteiger charge is -2.40. The summed E-state index contributed by atoms with van der Waals surface area (Å²) >= 11 is 0. The molecule has 4 heteroatoms. The van der Waals surface area contributed by atoms with E-state index in [9.17, 15) is 4.79 Å². The topological polar surface area (TPSA) is 35.6 Å². The summed E-state index contributed by atoms with van der Waals surface area (Å²) < 4.78 is 0. The van der Waals surface area contributed by atoms with Gasteiger partial charge in [0, 0.05) is 38.8 Å². The number of hydrogen-bond donors (Lipinski definition) is 1. The third-order valence-corrected chi connectivity index (χ3v) is 5.44. The Bertz CT molecular complexity index is 731. The van der Waals surface area contributed by atoms with Crippen molar-refractivity contribution in [3.63, 3.8) is 0 Å². The second kappa shape index (κ2) is 9.67. The van der Waals surface area contributed by atoms with E-state index in [1.54, 1.807) is 0 Å². The highest BCUT2D eigenvalue weighted by Gasteiger charge is 2.25. The lowest BCUT2D eigenvalue weighted by Crippen LogP contribution is -2.47. The summed E-state index contributed by atoms with van der Waals surface area (Å²) in [5, 5.41) is 3.09. The second-order valence-corrected chi connectivity index (χ2v) is 7.53. The van der Waals surface area contributed by atoms with E-state index >= 15 is 0 Å². The van der Waals surface area contributed by atoms with Crippen molar-refractivity contribution < 1.29 is 4.79 Å². The highest BCUT2D eigenvalue weighted by molar-refractivity contribution is 5.78. The van der Waals surface area contributed by atoms with Crippen LogP contribution in [0.5, 0.6) is 0 Å². The molecule has 1 amide bonds. The van der Waals surface area contributed by atoms with Gasteiger partial charge in [0.05, 0.1) is 6.42 Å². The van der Waals surface area contributed by atoms with Crippen LogP contribution in [0.25, 0.3) is 0 Å². The lowest BCUT2D eigenvalue weighted by atomic mass is 10.0. The number of rotatable bonds is 7. The monoisotopic (exact) mass is 365 g/mol. The Kier molecular flexibility index (Phi) is 7.02. The van der Waals surface area contributed by atoms with Crippen LogP contribution in [0.4, 0.5) is 0 Å². The highest BCUT2D eigenvalue weighted by atomic mass is 16.1. The molecule has 1 fully saturated rings. The summed E-state index contributed by atoms with van der Waals surface area (Å²) in [5.41, 5.74) is 3.67. The molecule has 0 saturated carbocycles. The first-order chi connectivity index (χ1) is 13.1. The number of likely N-dealkylation sites (N-methyl/N-ethyl adjacent to an activating group) is 1. The maximum Gasteiger partial charge on any atom is 0.224 e. The number of amides is 1. The molecule has 0 aromatic heterocycles. The van der Waals surface area contributed by atoms with Crippen molar-refractivity contribution in [3.8, 4) is 0 Å². The average molecular weight is 366 g/mol. The van der Waals surface area contributed by atoms with Gasteiger partial charge in [-0.1, -0.05) is 54.6 Å². The molecule has 1 unspecified atom stereocenters. The van der Waals surface area contributed by atoms with Crippen molar-refractivity contribution in [1.82, 2.24) is 15.1 Å². The highest BCUT2D eigenvalue weighted by Crippen LogP contribution is 2.24. The Morgan fingerprint density at radius 2 is 1.81 bits per heavy atom. The third kappa shape index (κ3) is 5.65. The maximum absolute atomic E-state index is 12.2. The molecule has 0 bridgehead atoms. The molecule has 1 aliphatic heterocycles. The van der Waals surface area contributed by atoms with Crippen LogP contribution in [-0.4, -0.2) is 55.5 Å². The van der Waals surface area contributed by atoms with Gasteiger partial charge in [-0.15, -0.1) is 0 Å². The normalized spacial score (nSPS) is 18.4. The van der Waals surface area contributed by atoms with E-state index in [1.165, 1.54) is 11.1 Å². The average Bonchev–Trinajstić information content (AvgIpc) is 2.68. The molecule has 1 aliphatic rings. The molecule has 144 valence electrons. The fourth-order valence-electron chi connectivity index (χ4n) is 3.77. The first kappa shape index (κ1) is 19.6. The van der Waals surface area contributed by atoms with E-state index in [0.29, 0.717) is 12.5 Å². The molecule has 1 saturated heterocycles. The molecule has 0 radical (unpaired) electrons. The largest absolute Gasteiger partial charge is 0.356 e. The fourth-order valence-corrected chi connectivity index (χ4v) is 3.77. The van der Waals surface area contributed by atoms with E-state index in [0.717, 1.165) is 44.7 Å². The summed E-state index contributed by atoms with van der Waals surface area (Å²) in [6.45, 7) is 7.04. The van der Waals surface area contributed by atoms with Gasteiger partial charge in [-0.25, -0.2) is 0 Å². The van der Waals surface area contributed by atoms with Crippen molar-refractivity contribution in [2.75, 3.05) is 39.8 Å². The quantitative estimate of drug-likeness (QED) is 0.766. The van der Waals surface area contributed by atoms with Crippen molar-refractivity contribution in [3.05, 3.63) is 71.3 Å². The van der Waals surface area contributed by atoms with Gasteiger partial charge in [-0.2, -0.15) is 0 Å². The van der Waals surface area contributed by atoms with Gasteiger partial charge < -0.3 is 10.2 Å². The predicted octanol–water partition coefficient (Wildman–Crippen LogP) is 3.03. The summed E-state index contributed by atoms with van der Waals surface area (Å²) in [5.74, 6) is 0.113. The minimum Gasteiger partial charge on any atom is -0.356 e. The molecule has 0 aliphatic carbocycles. The van der Waals surface area contributed by atoms with Gasteiger partial charge in [0.25, 0.3) is 0 Å². The molecule has 1 heterocycles. The van der Waals surface area contributed by atoms with Gasteiger partial charge in [0.2, 0.25) is 5.91 Å². The summed E-state index contributed by atoms with van der Waals surface area (Å²) in [7, 11) is 2.19. The number of benzene rings is 2. The smallest absolute Gasteiger partial charge is 0.224 e. The molecular formula is C23H31N3O. The predicted molar refractivity (Wildman–Crippen MR) is 111 cm³/mol. The van der Waals surface area contributed by atoms with Crippen LogP contribution < -0.4 is 5.32 Å². The summed E-state index contributed by atoms with van der Waals surface area (Å²) in [6, 6.07) is 19.3. The fraction of sp³-hybridized carbons (Fsp3) is 0.435. The number of carbonyl (C=O) groups excluding carboxylic acids is 1. The van der Waals surface area contributed by atoms with Crippen LogP contribution in [-0.2, 0) is 11.2 Å². The number of aryl methyl sites for hydroxylation is 1. The van der Waals surface area contributed by atoms with Crippen molar-refractivity contribution in [2.45, 2.75) is 25.8 Å². The maximum atomic E-state index is 12.2. The van der Waals surface area contributed by atoms with Crippen LogP contribution in [0.2, 0.25) is 0 Å². The van der Waals surface area contributed by atoms with E-state index < -0.39 is 0 Å². The number of hydrogen-bond acceptors (Lipinski definition) is 3. The molecule has 2 aromatic carbocycles. The van der Waals surface area contributed by atoms with Crippen LogP contribution in [0.1, 0.15) is 29.2 Å². The van der Waals surface area contributed by atoms with Crippen molar-refractivity contribution in [1.29, 1.82) is 0 Å². The number of carbonyl (C=O) groups is 1. The first-order valence-electron chi connectivity index (χ1n) is 9.92. The zero-order valence-corrected chi connectivity index (χ0v) is 16.5. The van der Waals surface area contributed by atoms with Gasteiger partial charge in [0.15, 0.2) is 0 Å².